The monoisotopic (exact) mass is 554 g/mol. The van der Waals surface area contributed by atoms with Crippen LogP contribution in [0.15, 0.2) is 18.7 Å². The number of aryl methyl sites for hydroxylation is 5. The molecule has 226 valence electrons. The predicted octanol–water partition coefficient (Wildman–Crippen LogP) is 4.45. The largest absolute Gasteiger partial charge is 0.399 e. The third-order valence-electron chi connectivity index (χ3n) is 5.91. The van der Waals surface area contributed by atoms with E-state index < -0.39 is 0 Å². The van der Waals surface area contributed by atoms with Gasteiger partial charge in [-0.15, -0.1) is 5.10 Å². The van der Waals surface area contributed by atoms with Gasteiger partial charge in [0.05, 0.1) is 24.8 Å². The fourth-order valence-corrected chi connectivity index (χ4v) is 2.69. The normalized spacial score (nSPS) is 14.9. The molecule has 2 atom stereocenters. The SMILES string of the molecule is C.C.C.C.CON1C(=O)C(C)C(C)C1=O.COn1nnc(C)c1C.Cc1nccn1C.Cc1ncn(C)c1C. The predicted molar refractivity (Wildman–Crippen MR) is 157 cm³/mol. The van der Waals surface area contributed by atoms with Gasteiger partial charge >= 0.3 is 0 Å². The molecule has 0 spiro atoms. The average molecular weight is 555 g/mol. The van der Waals surface area contributed by atoms with Crippen molar-refractivity contribution in [3.63, 3.8) is 0 Å². The first-order chi connectivity index (χ1) is 16.4. The van der Waals surface area contributed by atoms with Gasteiger partial charge in [-0.25, -0.2) is 9.97 Å². The van der Waals surface area contributed by atoms with Gasteiger partial charge in [-0.3, -0.25) is 14.4 Å². The number of hydrogen-bond donors (Lipinski definition) is 0. The van der Waals surface area contributed by atoms with E-state index >= 15 is 0 Å². The quantitative estimate of drug-likeness (QED) is 0.426. The van der Waals surface area contributed by atoms with Crippen molar-refractivity contribution >= 4 is 11.8 Å². The molecule has 0 saturated carbocycles. The minimum atomic E-state index is -0.248. The standard InChI is InChI=1S/C7H11NO3.C6H10N2.C5H9N3O.C5H8N2.4CH4/c1-4-5(2)7(10)8(11-3)6(4)9;1-5-6(2)8(3)4-7-5;1-4-5(2)8(9-3)7-6-4;1-5-6-3-4-7(5)2;;;;/h4-5H,1-3H3;4H,1-3H3;1-3H3;3-4H,1-2H3;4*1H4. The van der Waals surface area contributed by atoms with E-state index in [9.17, 15) is 9.59 Å². The van der Waals surface area contributed by atoms with Crippen molar-refractivity contribution in [2.45, 2.75) is 78.2 Å². The Bertz CT molecular complexity index is 1050. The van der Waals surface area contributed by atoms with Crippen LogP contribution in [-0.4, -0.2) is 65.4 Å². The summed E-state index contributed by atoms with van der Waals surface area (Å²) < 4.78 is 3.98. The molecule has 12 nitrogen and oxygen atoms in total. The molecule has 0 N–H and O–H groups in total. The van der Waals surface area contributed by atoms with Gasteiger partial charge in [-0.05, 0) is 39.8 Å². The number of nitrogens with zero attached hydrogens (tertiary/aromatic N) is 8. The van der Waals surface area contributed by atoms with Crippen LogP contribution in [0.2, 0.25) is 0 Å². The lowest BCUT2D eigenvalue weighted by Gasteiger charge is -2.08. The Kier molecular flexibility index (Phi) is 21.3. The van der Waals surface area contributed by atoms with Crippen LogP contribution in [0.1, 0.15) is 72.2 Å². The number of hydrogen-bond acceptors (Lipinski definition) is 8. The average Bonchev–Trinajstić information content (AvgIpc) is 3.52. The fourth-order valence-electron chi connectivity index (χ4n) is 2.69. The Morgan fingerprint density at radius 1 is 0.744 bits per heavy atom. The van der Waals surface area contributed by atoms with Gasteiger partial charge < -0.3 is 14.0 Å². The lowest BCUT2D eigenvalue weighted by Crippen LogP contribution is -2.29. The zero-order chi connectivity index (χ0) is 26.9. The Hall–Kier alpha value is -3.54. The molecule has 0 bridgehead atoms. The summed E-state index contributed by atoms with van der Waals surface area (Å²) >= 11 is 0. The van der Waals surface area contributed by atoms with Gasteiger partial charge in [0.25, 0.3) is 11.8 Å². The maximum atomic E-state index is 11.1. The smallest absolute Gasteiger partial charge is 0.257 e. The van der Waals surface area contributed by atoms with E-state index in [1.165, 1.54) is 17.6 Å². The third kappa shape index (κ3) is 11.4. The number of imide groups is 1. The van der Waals surface area contributed by atoms with Gasteiger partial charge in [0.1, 0.15) is 18.6 Å². The minimum Gasteiger partial charge on any atom is -0.399 e. The zero-order valence-electron chi connectivity index (χ0n) is 22.6. The molecule has 2 unspecified atom stereocenters. The van der Waals surface area contributed by atoms with Crippen LogP contribution in [0.4, 0.5) is 0 Å². The van der Waals surface area contributed by atoms with Crippen LogP contribution < -0.4 is 4.84 Å². The molecule has 1 aliphatic heterocycles. The molecule has 0 aromatic carbocycles. The molecular formula is C27H54N8O4. The molecule has 0 aliphatic carbocycles. The summed E-state index contributed by atoms with van der Waals surface area (Å²) in [6.45, 7) is 13.3. The Labute approximate surface area is 236 Å². The van der Waals surface area contributed by atoms with Crippen LogP contribution in [0, 0.1) is 46.5 Å². The Morgan fingerprint density at radius 2 is 1.26 bits per heavy atom. The first-order valence-electron chi connectivity index (χ1n) is 11.1. The highest BCUT2D eigenvalue weighted by Crippen LogP contribution is 2.24. The Morgan fingerprint density at radius 3 is 1.41 bits per heavy atom. The molecule has 3 aromatic heterocycles. The number of carbonyl (C=O) groups excluding carboxylic acids is 2. The Balaban J connectivity index is -0.000000205. The molecular weight excluding hydrogens is 500 g/mol. The van der Waals surface area contributed by atoms with Gasteiger partial charge in [-0.2, -0.15) is 5.06 Å². The lowest BCUT2D eigenvalue weighted by molar-refractivity contribution is -0.181. The summed E-state index contributed by atoms with van der Waals surface area (Å²) in [6, 6.07) is 0. The molecule has 3 aromatic rings. The van der Waals surface area contributed by atoms with E-state index in [1.54, 1.807) is 27.2 Å². The summed E-state index contributed by atoms with van der Waals surface area (Å²) in [4.78, 5) is 41.1. The van der Waals surface area contributed by atoms with Crippen LogP contribution in [0.5, 0.6) is 0 Å². The van der Waals surface area contributed by atoms with Gasteiger partial charge in [0.2, 0.25) is 0 Å². The van der Waals surface area contributed by atoms with Crippen molar-refractivity contribution in [2.24, 2.45) is 25.9 Å². The van der Waals surface area contributed by atoms with E-state index in [-0.39, 0.29) is 53.4 Å². The highest BCUT2D eigenvalue weighted by atomic mass is 16.7. The molecule has 1 aliphatic rings. The first kappa shape index (κ1) is 42.5. The van der Waals surface area contributed by atoms with Crippen LogP contribution in [-0.2, 0) is 28.5 Å². The van der Waals surface area contributed by atoms with Crippen molar-refractivity contribution < 1.29 is 19.3 Å². The molecule has 1 saturated heterocycles. The van der Waals surface area contributed by atoms with E-state index in [2.05, 4.69) is 32.0 Å². The van der Waals surface area contributed by atoms with Gasteiger partial charge in [-0.1, -0.05) is 48.4 Å². The zero-order valence-corrected chi connectivity index (χ0v) is 22.6. The van der Waals surface area contributed by atoms with Gasteiger partial charge in [0.15, 0.2) is 0 Å². The highest BCUT2D eigenvalue weighted by molar-refractivity contribution is 6.03. The number of hydroxylamine groups is 2. The molecule has 4 heterocycles. The second kappa shape index (κ2) is 19.5. The van der Waals surface area contributed by atoms with E-state index in [4.69, 9.17) is 4.84 Å². The molecule has 39 heavy (non-hydrogen) atoms. The van der Waals surface area contributed by atoms with Crippen molar-refractivity contribution in [1.82, 2.24) is 39.3 Å². The second-order valence-electron chi connectivity index (χ2n) is 8.16. The summed E-state index contributed by atoms with van der Waals surface area (Å²) in [5.41, 5.74) is 4.20. The number of amides is 2. The number of rotatable bonds is 2. The second-order valence-corrected chi connectivity index (χ2v) is 8.16. The van der Waals surface area contributed by atoms with Crippen molar-refractivity contribution in [2.75, 3.05) is 14.2 Å². The van der Waals surface area contributed by atoms with Crippen molar-refractivity contribution in [1.29, 1.82) is 0 Å². The number of imidazole rings is 2. The topological polar surface area (TPSA) is 122 Å². The van der Waals surface area contributed by atoms with E-state index in [1.807, 2.05) is 63.4 Å². The van der Waals surface area contributed by atoms with Crippen LogP contribution in [0.25, 0.3) is 0 Å². The highest BCUT2D eigenvalue weighted by Gasteiger charge is 2.42. The minimum absolute atomic E-state index is 0. The third-order valence-corrected chi connectivity index (χ3v) is 5.91. The molecule has 1 fully saturated rings. The summed E-state index contributed by atoms with van der Waals surface area (Å²) in [5.74, 6) is 0.0694. The fraction of sp³-hybridized carbons (Fsp3) is 0.630. The maximum absolute atomic E-state index is 11.1. The molecule has 0 radical (unpaired) electrons. The summed E-state index contributed by atoms with van der Waals surface area (Å²) in [5, 5.41) is 8.28. The van der Waals surface area contributed by atoms with E-state index in [0.717, 1.165) is 28.0 Å². The molecule has 4 rings (SSSR count). The first-order valence-corrected chi connectivity index (χ1v) is 11.1. The van der Waals surface area contributed by atoms with Crippen LogP contribution >= 0.6 is 0 Å². The molecule has 2 amide bonds. The molecule has 12 heteroatoms. The summed E-state index contributed by atoms with van der Waals surface area (Å²) in [7, 11) is 6.85. The number of aromatic nitrogens is 7. The van der Waals surface area contributed by atoms with Gasteiger partial charge in [0, 0.05) is 44.0 Å². The summed E-state index contributed by atoms with van der Waals surface area (Å²) in [6.07, 6.45) is 5.54. The maximum Gasteiger partial charge on any atom is 0.257 e. The van der Waals surface area contributed by atoms with Crippen LogP contribution in [0.3, 0.4) is 0 Å². The number of carbonyl (C=O) groups is 2. The lowest BCUT2D eigenvalue weighted by atomic mass is 10.00. The van der Waals surface area contributed by atoms with E-state index in [0.29, 0.717) is 0 Å². The van der Waals surface area contributed by atoms with Crippen molar-refractivity contribution in [3.05, 3.63) is 47.3 Å². The van der Waals surface area contributed by atoms with Crippen molar-refractivity contribution in [3.8, 4) is 0 Å².